The standard InChI is InChI=1S/C19H19ClN4O2.C17H15N3O2/c1-23(2)11-18-21-22-19(24(18)3)13-5-8-16(9-6-13)26-17-10-15(20)7-4-14(17)12-25;1-20-16(11-21)18-19-17(20)14-7-9-15(10-8-14)22-12-13-5-3-2-4-6-13/h4-10,12H,11H2,1-3H3;2-11H,12H2,1H3. The van der Waals surface area contributed by atoms with E-state index in [0.29, 0.717) is 53.2 Å². The van der Waals surface area contributed by atoms with Crippen LogP contribution in [-0.4, -0.2) is 61.1 Å². The Balaban J connectivity index is 0.000000190. The van der Waals surface area contributed by atoms with Gasteiger partial charge in [-0.05, 0) is 80.3 Å². The normalized spacial score (nSPS) is 10.7. The average Bonchev–Trinajstić information content (AvgIpc) is 3.66. The van der Waals surface area contributed by atoms with Gasteiger partial charge in [0.05, 0.1) is 12.1 Å². The number of benzene rings is 4. The molecule has 48 heavy (non-hydrogen) atoms. The number of hydrogen-bond donors (Lipinski definition) is 0. The van der Waals surface area contributed by atoms with Gasteiger partial charge < -0.3 is 23.5 Å². The summed E-state index contributed by atoms with van der Waals surface area (Å²) in [7, 11) is 7.69. The van der Waals surface area contributed by atoms with Gasteiger partial charge >= 0.3 is 0 Å². The second-order valence-corrected chi connectivity index (χ2v) is 11.5. The summed E-state index contributed by atoms with van der Waals surface area (Å²) in [5.41, 5.74) is 3.38. The monoisotopic (exact) mass is 663 g/mol. The molecule has 12 heteroatoms. The van der Waals surface area contributed by atoms with Gasteiger partial charge in [0.15, 0.2) is 30.0 Å². The number of rotatable bonds is 11. The summed E-state index contributed by atoms with van der Waals surface area (Å²) >= 11 is 5.98. The number of halogens is 1. The predicted molar refractivity (Wildman–Crippen MR) is 183 cm³/mol. The molecule has 6 aromatic rings. The second-order valence-electron chi connectivity index (χ2n) is 11.0. The zero-order valence-corrected chi connectivity index (χ0v) is 27.7. The van der Waals surface area contributed by atoms with Crippen molar-refractivity contribution in [1.29, 1.82) is 0 Å². The number of nitrogens with zero attached hydrogens (tertiary/aromatic N) is 7. The van der Waals surface area contributed by atoms with Gasteiger partial charge in [0, 0.05) is 36.3 Å². The lowest BCUT2D eigenvalue weighted by Gasteiger charge is -2.10. The summed E-state index contributed by atoms with van der Waals surface area (Å²) < 4.78 is 15.2. The van der Waals surface area contributed by atoms with Crippen LogP contribution in [0.25, 0.3) is 22.8 Å². The highest BCUT2D eigenvalue weighted by atomic mass is 35.5. The summed E-state index contributed by atoms with van der Waals surface area (Å²) in [6.45, 7) is 1.24. The molecule has 2 aromatic heterocycles. The quantitative estimate of drug-likeness (QED) is 0.140. The Hall–Kier alpha value is -5.65. The van der Waals surface area contributed by atoms with E-state index in [9.17, 15) is 9.59 Å². The van der Waals surface area contributed by atoms with E-state index >= 15 is 0 Å². The first-order chi connectivity index (χ1) is 23.2. The molecule has 6 rings (SSSR count). The van der Waals surface area contributed by atoms with Gasteiger partial charge in [-0.15, -0.1) is 20.4 Å². The van der Waals surface area contributed by atoms with Crippen molar-refractivity contribution in [3.8, 4) is 40.0 Å². The number of hydrogen-bond acceptors (Lipinski definition) is 9. The molecule has 0 radical (unpaired) electrons. The lowest BCUT2D eigenvalue weighted by atomic mass is 10.2. The zero-order valence-electron chi connectivity index (χ0n) is 26.9. The highest BCUT2D eigenvalue weighted by molar-refractivity contribution is 6.30. The molecule has 244 valence electrons. The van der Waals surface area contributed by atoms with Gasteiger partial charge in [-0.25, -0.2) is 0 Å². The van der Waals surface area contributed by atoms with Crippen LogP contribution < -0.4 is 9.47 Å². The first kappa shape index (κ1) is 33.7. The van der Waals surface area contributed by atoms with Crippen molar-refractivity contribution in [3.05, 3.63) is 125 Å². The fraction of sp³-hybridized carbons (Fsp3) is 0.167. The van der Waals surface area contributed by atoms with Gasteiger partial charge in [-0.3, -0.25) is 9.59 Å². The molecule has 2 heterocycles. The van der Waals surface area contributed by atoms with Gasteiger partial charge in [0.25, 0.3) is 0 Å². The highest BCUT2D eigenvalue weighted by Crippen LogP contribution is 2.29. The largest absolute Gasteiger partial charge is 0.489 e. The van der Waals surface area contributed by atoms with Crippen LogP contribution in [-0.2, 0) is 27.2 Å². The van der Waals surface area contributed by atoms with E-state index < -0.39 is 0 Å². The number of aromatic nitrogens is 6. The van der Waals surface area contributed by atoms with Gasteiger partial charge in [0.1, 0.15) is 29.7 Å². The third kappa shape index (κ3) is 8.38. The van der Waals surface area contributed by atoms with E-state index in [2.05, 4.69) is 20.4 Å². The topological polar surface area (TPSA) is 117 Å². The summed E-state index contributed by atoms with van der Waals surface area (Å²) in [5.74, 6) is 4.44. The molecule has 4 aromatic carbocycles. The van der Waals surface area contributed by atoms with Crippen LogP contribution in [0.4, 0.5) is 0 Å². The number of carbonyl (C=O) groups excluding carboxylic acids is 2. The lowest BCUT2D eigenvalue weighted by Crippen LogP contribution is -2.14. The van der Waals surface area contributed by atoms with Crippen LogP contribution in [0.5, 0.6) is 17.2 Å². The fourth-order valence-corrected chi connectivity index (χ4v) is 4.82. The smallest absolute Gasteiger partial charge is 0.196 e. The Kier molecular flexibility index (Phi) is 11.1. The third-order valence-corrected chi connectivity index (χ3v) is 7.48. The Morgan fingerprint density at radius 1 is 0.729 bits per heavy atom. The predicted octanol–water partition coefficient (Wildman–Crippen LogP) is 6.68. The summed E-state index contributed by atoms with van der Waals surface area (Å²) in [6.07, 6.45) is 1.43. The Labute approximate surface area is 283 Å². The van der Waals surface area contributed by atoms with Crippen molar-refractivity contribution in [1.82, 2.24) is 34.4 Å². The third-order valence-electron chi connectivity index (χ3n) is 7.24. The maximum absolute atomic E-state index is 11.1. The maximum atomic E-state index is 11.1. The van der Waals surface area contributed by atoms with E-state index in [-0.39, 0.29) is 0 Å². The highest BCUT2D eigenvalue weighted by Gasteiger charge is 2.13. The van der Waals surface area contributed by atoms with Crippen LogP contribution in [0, 0.1) is 0 Å². The molecule has 0 N–H and O–H groups in total. The molecule has 11 nitrogen and oxygen atoms in total. The van der Waals surface area contributed by atoms with E-state index in [4.69, 9.17) is 21.1 Å². The molecule has 0 spiro atoms. The minimum absolute atomic E-state index is 0.305. The molecule has 0 saturated carbocycles. The molecule has 0 saturated heterocycles. The SMILES string of the molecule is CN(C)Cc1nnc(-c2ccc(Oc3cc(Cl)ccc3C=O)cc2)n1C.Cn1c(C=O)nnc1-c1ccc(OCc2ccccc2)cc1. The fourth-order valence-electron chi connectivity index (χ4n) is 4.66. The van der Waals surface area contributed by atoms with E-state index in [1.165, 1.54) is 0 Å². The molecule has 0 amide bonds. The Morgan fingerprint density at radius 3 is 1.96 bits per heavy atom. The van der Waals surface area contributed by atoms with E-state index in [0.717, 1.165) is 40.4 Å². The van der Waals surface area contributed by atoms with Crippen molar-refractivity contribution in [3.63, 3.8) is 0 Å². The van der Waals surface area contributed by atoms with Crippen molar-refractivity contribution in [2.45, 2.75) is 13.2 Å². The zero-order chi connectivity index (χ0) is 34.0. The maximum Gasteiger partial charge on any atom is 0.196 e. The summed E-state index contributed by atoms with van der Waals surface area (Å²) in [6, 6.07) is 29.9. The van der Waals surface area contributed by atoms with Crippen LogP contribution >= 0.6 is 11.6 Å². The van der Waals surface area contributed by atoms with Crippen molar-refractivity contribution in [2.75, 3.05) is 14.1 Å². The van der Waals surface area contributed by atoms with Crippen molar-refractivity contribution < 1.29 is 19.1 Å². The van der Waals surface area contributed by atoms with Crippen molar-refractivity contribution in [2.24, 2.45) is 14.1 Å². The van der Waals surface area contributed by atoms with Gasteiger partial charge in [-0.2, -0.15) is 0 Å². The summed E-state index contributed by atoms with van der Waals surface area (Å²) in [5, 5.41) is 16.9. The molecule has 0 aliphatic heterocycles. The number of aldehydes is 2. The van der Waals surface area contributed by atoms with Crippen LogP contribution in [0.3, 0.4) is 0 Å². The van der Waals surface area contributed by atoms with E-state index in [1.54, 1.807) is 29.8 Å². The van der Waals surface area contributed by atoms with Gasteiger partial charge in [0.2, 0.25) is 0 Å². The first-order valence-electron chi connectivity index (χ1n) is 14.9. The number of carbonyl (C=O) groups is 2. The molecule has 0 bridgehead atoms. The second kappa shape index (κ2) is 15.8. The van der Waals surface area contributed by atoms with E-state index in [1.807, 2.05) is 109 Å². The lowest BCUT2D eigenvalue weighted by molar-refractivity contribution is 0.110. The van der Waals surface area contributed by atoms with Gasteiger partial charge in [-0.1, -0.05) is 41.9 Å². The molecule has 0 aliphatic rings. The average molecular weight is 664 g/mol. The minimum atomic E-state index is 0.305. The van der Waals surface area contributed by atoms with Crippen molar-refractivity contribution >= 4 is 24.2 Å². The minimum Gasteiger partial charge on any atom is -0.489 e. The first-order valence-corrected chi connectivity index (χ1v) is 15.3. The van der Waals surface area contributed by atoms with Crippen LogP contribution in [0.15, 0.2) is 97.1 Å². The summed E-state index contributed by atoms with van der Waals surface area (Å²) in [4.78, 5) is 24.0. The molecule has 0 aliphatic carbocycles. The van der Waals surface area contributed by atoms with Crippen LogP contribution in [0.2, 0.25) is 5.02 Å². The molecule has 0 atom stereocenters. The van der Waals surface area contributed by atoms with Crippen LogP contribution in [0.1, 0.15) is 32.4 Å². The Morgan fingerprint density at radius 2 is 1.35 bits per heavy atom. The molecule has 0 fully saturated rings. The Bertz CT molecular complexity index is 1970. The molecular formula is C36H34ClN7O4. The molecular weight excluding hydrogens is 630 g/mol. The molecule has 0 unspecified atom stereocenters. The number of ether oxygens (including phenoxy) is 2.